The van der Waals surface area contributed by atoms with E-state index < -0.39 is 18.0 Å². The van der Waals surface area contributed by atoms with Gasteiger partial charge in [0.25, 0.3) is 5.91 Å². The second-order valence-corrected chi connectivity index (χ2v) is 9.69. The maximum atomic E-state index is 13.3. The third-order valence-corrected chi connectivity index (χ3v) is 6.69. The van der Waals surface area contributed by atoms with E-state index >= 15 is 0 Å². The van der Waals surface area contributed by atoms with E-state index in [0.29, 0.717) is 26.9 Å². The van der Waals surface area contributed by atoms with Gasteiger partial charge in [-0.1, -0.05) is 65.7 Å². The number of carbonyl (C=O) groups is 2. The molecule has 0 fully saturated rings. The van der Waals surface area contributed by atoms with Gasteiger partial charge >= 0.3 is 5.97 Å². The first-order valence-electron chi connectivity index (χ1n) is 9.81. The second-order valence-electron chi connectivity index (χ2n) is 6.89. The number of thiophene rings is 2. The third-order valence-electron chi connectivity index (χ3n) is 4.53. The highest BCUT2D eigenvalue weighted by molar-refractivity contribution is 7.12. The maximum absolute atomic E-state index is 13.3. The van der Waals surface area contributed by atoms with Crippen molar-refractivity contribution < 1.29 is 14.3 Å². The molecule has 0 spiro atoms. The van der Waals surface area contributed by atoms with Crippen LogP contribution in [0, 0.1) is 0 Å². The minimum absolute atomic E-state index is 0.380. The molecule has 166 valence electrons. The Bertz CT molecular complexity index is 1250. The van der Waals surface area contributed by atoms with E-state index in [9.17, 15) is 9.59 Å². The molecule has 0 radical (unpaired) electrons. The number of benzene rings is 2. The molecule has 0 aliphatic heterocycles. The average Bonchev–Trinajstić information content (AvgIpc) is 3.49. The van der Waals surface area contributed by atoms with Crippen molar-refractivity contribution in [1.82, 2.24) is 0 Å². The fourth-order valence-electron chi connectivity index (χ4n) is 3.08. The molecule has 1 amide bonds. The van der Waals surface area contributed by atoms with E-state index in [2.05, 4.69) is 5.32 Å². The number of rotatable bonds is 7. The number of esters is 1. The van der Waals surface area contributed by atoms with Crippen LogP contribution in [0.2, 0.25) is 10.0 Å². The van der Waals surface area contributed by atoms with E-state index in [1.807, 2.05) is 41.1 Å². The normalized spacial score (nSPS) is 12.2. The largest absolute Gasteiger partial charge is 0.444 e. The number of carbonyl (C=O) groups excluding carboxylic acids is 2. The molecular weight excluding hydrogens is 497 g/mol. The van der Waals surface area contributed by atoms with Crippen LogP contribution in [-0.2, 0) is 14.3 Å². The molecule has 4 aromatic rings. The summed E-state index contributed by atoms with van der Waals surface area (Å²) in [5.41, 5.74) is 1.33. The molecule has 2 heterocycles. The number of halogens is 2. The smallest absolute Gasteiger partial charge is 0.340 e. The Morgan fingerprint density at radius 2 is 1.58 bits per heavy atom. The Balaban J connectivity index is 1.64. The van der Waals surface area contributed by atoms with Gasteiger partial charge in [-0.3, -0.25) is 4.79 Å². The van der Waals surface area contributed by atoms with Gasteiger partial charge in [-0.2, -0.15) is 0 Å². The zero-order chi connectivity index (χ0) is 23.2. The first-order valence-corrected chi connectivity index (χ1v) is 12.3. The molecule has 0 aliphatic rings. The maximum Gasteiger partial charge on any atom is 0.340 e. The van der Waals surface area contributed by atoms with E-state index in [1.54, 1.807) is 48.5 Å². The summed E-state index contributed by atoms with van der Waals surface area (Å²) in [6.07, 6.45) is 0.596. The van der Waals surface area contributed by atoms with Crippen LogP contribution < -0.4 is 5.32 Å². The van der Waals surface area contributed by atoms with Crippen molar-refractivity contribution in [2.45, 2.75) is 6.10 Å². The predicted octanol–water partition coefficient (Wildman–Crippen LogP) is 7.58. The van der Waals surface area contributed by atoms with E-state index in [0.717, 1.165) is 9.75 Å². The molecule has 0 saturated heterocycles. The second kappa shape index (κ2) is 10.8. The standard InChI is InChI=1S/C25H17Cl2NO3S2/c26-17-12-18(27)14-19(13-17)28-24(29)23(16-6-2-1-3-7-16)31-25(30)21(22-9-5-11-33-22)15-20-8-4-10-32-20/h1-15,23H,(H,28,29)/b21-15+/t23-/m1/s1. The van der Waals surface area contributed by atoms with Crippen molar-refractivity contribution in [1.29, 1.82) is 0 Å². The van der Waals surface area contributed by atoms with Crippen LogP contribution in [0.4, 0.5) is 5.69 Å². The molecule has 0 saturated carbocycles. The van der Waals surface area contributed by atoms with Crippen molar-refractivity contribution in [3.05, 3.63) is 109 Å². The first kappa shape index (κ1) is 23.3. The molecule has 0 aliphatic carbocycles. The molecule has 4 nitrogen and oxygen atoms in total. The molecular formula is C25H17Cl2NO3S2. The van der Waals surface area contributed by atoms with Gasteiger partial charge in [0.2, 0.25) is 6.10 Å². The Labute approximate surface area is 209 Å². The molecule has 0 bridgehead atoms. The Morgan fingerprint density at radius 3 is 2.21 bits per heavy atom. The van der Waals surface area contributed by atoms with Crippen LogP contribution in [0.15, 0.2) is 83.6 Å². The van der Waals surface area contributed by atoms with Crippen LogP contribution >= 0.6 is 45.9 Å². The number of ether oxygens (including phenoxy) is 1. The summed E-state index contributed by atoms with van der Waals surface area (Å²) in [6.45, 7) is 0. The number of nitrogens with one attached hydrogen (secondary N) is 1. The highest BCUT2D eigenvalue weighted by atomic mass is 35.5. The molecule has 33 heavy (non-hydrogen) atoms. The lowest BCUT2D eigenvalue weighted by molar-refractivity contribution is -0.148. The number of anilines is 1. The van der Waals surface area contributed by atoms with Crippen LogP contribution in [0.3, 0.4) is 0 Å². The SMILES string of the molecule is O=C(O[C@@H](C(=O)Nc1cc(Cl)cc(Cl)c1)c1ccccc1)/C(=C/c1cccs1)c1cccs1. The van der Waals surface area contributed by atoms with E-state index in [-0.39, 0.29) is 0 Å². The van der Waals surface area contributed by atoms with Gasteiger partial charge in [0, 0.05) is 31.1 Å². The van der Waals surface area contributed by atoms with E-state index in [4.69, 9.17) is 27.9 Å². The molecule has 4 rings (SSSR count). The molecule has 2 aromatic heterocycles. The average molecular weight is 514 g/mol. The summed E-state index contributed by atoms with van der Waals surface area (Å²) >= 11 is 15.0. The van der Waals surface area contributed by atoms with Crippen molar-refractivity contribution in [3.63, 3.8) is 0 Å². The highest BCUT2D eigenvalue weighted by Gasteiger charge is 2.28. The number of hydrogen-bond donors (Lipinski definition) is 1. The fraction of sp³-hybridized carbons (Fsp3) is 0.0400. The summed E-state index contributed by atoms with van der Waals surface area (Å²) < 4.78 is 5.79. The Hall–Kier alpha value is -2.90. The molecule has 2 aromatic carbocycles. The summed E-state index contributed by atoms with van der Waals surface area (Å²) in [5, 5.41) is 7.32. The summed E-state index contributed by atoms with van der Waals surface area (Å²) in [7, 11) is 0. The zero-order valence-electron chi connectivity index (χ0n) is 17.0. The van der Waals surface area contributed by atoms with Gasteiger partial charge in [-0.05, 0) is 47.2 Å². The third kappa shape index (κ3) is 6.12. The fourth-order valence-corrected chi connectivity index (χ4v) is 5.00. The minimum atomic E-state index is -1.18. The molecule has 0 unspecified atom stereocenters. The van der Waals surface area contributed by atoms with Gasteiger partial charge in [-0.25, -0.2) is 4.79 Å². The van der Waals surface area contributed by atoms with E-state index in [1.165, 1.54) is 22.7 Å². The number of amides is 1. The van der Waals surface area contributed by atoms with Gasteiger partial charge in [0.15, 0.2) is 0 Å². The van der Waals surface area contributed by atoms with Crippen LogP contribution in [-0.4, -0.2) is 11.9 Å². The lowest BCUT2D eigenvalue weighted by Gasteiger charge is -2.19. The van der Waals surface area contributed by atoms with Crippen molar-refractivity contribution >= 4 is 75.1 Å². The van der Waals surface area contributed by atoms with Gasteiger partial charge in [0.05, 0.1) is 5.57 Å². The predicted molar refractivity (Wildman–Crippen MR) is 137 cm³/mol. The monoisotopic (exact) mass is 513 g/mol. The van der Waals surface area contributed by atoms with Crippen molar-refractivity contribution in [2.75, 3.05) is 5.32 Å². The van der Waals surface area contributed by atoms with Crippen LogP contribution in [0.5, 0.6) is 0 Å². The Morgan fingerprint density at radius 1 is 0.879 bits per heavy atom. The van der Waals surface area contributed by atoms with Crippen molar-refractivity contribution in [2.24, 2.45) is 0 Å². The minimum Gasteiger partial charge on any atom is -0.444 e. The molecule has 8 heteroatoms. The quantitative estimate of drug-likeness (QED) is 0.204. The zero-order valence-corrected chi connectivity index (χ0v) is 20.2. The summed E-state index contributed by atoms with van der Waals surface area (Å²) in [5.74, 6) is -1.12. The Kier molecular flexibility index (Phi) is 7.62. The van der Waals surface area contributed by atoms with Crippen LogP contribution in [0.1, 0.15) is 21.4 Å². The topological polar surface area (TPSA) is 55.4 Å². The summed E-state index contributed by atoms with van der Waals surface area (Å²) in [4.78, 5) is 28.2. The molecule has 1 atom stereocenters. The summed E-state index contributed by atoms with van der Waals surface area (Å²) in [6, 6.07) is 21.1. The van der Waals surface area contributed by atoms with Crippen LogP contribution in [0.25, 0.3) is 11.6 Å². The lowest BCUT2D eigenvalue weighted by Crippen LogP contribution is -2.26. The van der Waals surface area contributed by atoms with Gasteiger partial charge in [-0.15, -0.1) is 22.7 Å². The van der Waals surface area contributed by atoms with Gasteiger partial charge in [0.1, 0.15) is 0 Å². The lowest BCUT2D eigenvalue weighted by atomic mass is 10.1. The first-order chi connectivity index (χ1) is 16.0. The molecule has 1 N–H and O–H groups in total. The van der Waals surface area contributed by atoms with Gasteiger partial charge < -0.3 is 10.1 Å². The highest BCUT2D eigenvalue weighted by Crippen LogP contribution is 2.30. The number of hydrogen-bond acceptors (Lipinski definition) is 5. The van der Waals surface area contributed by atoms with Crippen molar-refractivity contribution in [3.8, 4) is 0 Å².